The third-order valence-corrected chi connectivity index (χ3v) is 6.51. The van der Waals surface area contributed by atoms with Crippen LogP contribution in [-0.4, -0.2) is 47.7 Å². The van der Waals surface area contributed by atoms with Gasteiger partial charge in [-0.15, -0.1) is 11.8 Å². The fourth-order valence-electron chi connectivity index (χ4n) is 3.56. The Balaban J connectivity index is 1.52. The van der Waals surface area contributed by atoms with Crippen molar-refractivity contribution in [2.45, 2.75) is 30.0 Å². The average Bonchev–Trinajstić information content (AvgIpc) is 3.16. The predicted molar refractivity (Wildman–Crippen MR) is 100 cm³/mol. The van der Waals surface area contributed by atoms with Gasteiger partial charge in [-0.3, -0.25) is 4.57 Å². The second-order valence-corrected chi connectivity index (χ2v) is 8.03. The molecule has 134 valence electrons. The van der Waals surface area contributed by atoms with Gasteiger partial charge in [0.05, 0.1) is 18.5 Å². The quantitative estimate of drug-likeness (QED) is 0.590. The number of hydrogen-bond acceptors (Lipinski definition) is 7. The van der Waals surface area contributed by atoms with Crippen molar-refractivity contribution < 1.29 is 10.2 Å². The molecule has 1 fully saturated rings. The number of benzene rings is 1. The van der Waals surface area contributed by atoms with E-state index in [9.17, 15) is 10.2 Å². The maximum absolute atomic E-state index is 10.2. The van der Waals surface area contributed by atoms with Crippen LogP contribution in [0.3, 0.4) is 0 Å². The number of hydrogen-bond donors (Lipinski definition) is 3. The molecule has 4 atom stereocenters. The molecule has 3 N–H and O–H groups in total. The molecule has 0 unspecified atom stereocenters. The molecule has 1 aliphatic heterocycles. The molecule has 2 aromatic heterocycles. The van der Waals surface area contributed by atoms with Gasteiger partial charge < -0.3 is 15.5 Å². The van der Waals surface area contributed by atoms with Gasteiger partial charge in [-0.25, -0.2) is 4.98 Å². The predicted octanol–water partition coefficient (Wildman–Crippen LogP) is 2.16. The average molecular weight is 390 g/mol. The number of anilines is 1. The second kappa shape index (κ2) is 6.09. The molecule has 7 nitrogen and oxygen atoms in total. The van der Waals surface area contributed by atoms with Gasteiger partial charge in [0, 0.05) is 5.75 Å². The molecule has 0 spiro atoms. The number of nitrogens with zero attached hydrogens (tertiary/aromatic N) is 4. The van der Waals surface area contributed by atoms with Gasteiger partial charge in [0.2, 0.25) is 5.28 Å². The maximum atomic E-state index is 10.2. The number of imidazole rings is 1. The molecule has 0 radical (unpaired) electrons. The Morgan fingerprint density at radius 2 is 2.08 bits per heavy atom. The molecule has 2 aliphatic rings. The summed E-state index contributed by atoms with van der Waals surface area (Å²) < 4.78 is 1.76. The molecule has 26 heavy (non-hydrogen) atoms. The Labute approximate surface area is 158 Å². The third kappa shape index (κ3) is 2.48. The topological polar surface area (TPSA) is 96.1 Å². The van der Waals surface area contributed by atoms with E-state index in [1.165, 1.54) is 22.9 Å². The molecule has 1 aromatic carbocycles. The van der Waals surface area contributed by atoms with Crippen LogP contribution in [-0.2, 0) is 6.42 Å². The summed E-state index contributed by atoms with van der Waals surface area (Å²) in [5.74, 6) is 1.05. The highest BCUT2D eigenvalue weighted by atomic mass is 35.5. The molecular weight excluding hydrogens is 374 g/mol. The zero-order chi connectivity index (χ0) is 17.8. The van der Waals surface area contributed by atoms with Gasteiger partial charge >= 0.3 is 0 Å². The van der Waals surface area contributed by atoms with Crippen LogP contribution < -0.4 is 5.32 Å². The fraction of sp³-hybridized carbons (Fsp3) is 0.353. The molecule has 9 heteroatoms. The fourth-order valence-corrected chi connectivity index (χ4v) is 5.01. The lowest BCUT2D eigenvalue weighted by molar-refractivity contribution is 0.0313. The van der Waals surface area contributed by atoms with Crippen molar-refractivity contribution in [3.63, 3.8) is 0 Å². The highest BCUT2D eigenvalue weighted by Crippen LogP contribution is 2.40. The zero-order valence-electron chi connectivity index (χ0n) is 13.6. The molecular formula is C17H16ClN5O2S. The van der Waals surface area contributed by atoms with E-state index in [4.69, 9.17) is 11.6 Å². The monoisotopic (exact) mass is 389 g/mol. The van der Waals surface area contributed by atoms with Gasteiger partial charge in [-0.05, 0) is 29.1 Å². The van der Waals surface area contributed by atoms with Crippen LogP contribution in [0.4, 0.5) is 5.82 Å². The normalized spacial score (nSPS) is 27.3. The van der Waals surface area contributed by atoms with Crippen molar-refractivity contribution in [1.82, 2.24) is 19.5 Å². The van der Waals surface area contributed by atoms with Crippen molar-refractivity contribution in [3.05, 3.63) is 47.0 Å². The second-order valence-electron chi connectivity index (χ2n) is 6.55. The summed E-state index contributed by atoms with van der Waals surface area (Å²) >= 11 is 7.61. The molecule has 5 rings (SSSR count). The van der Waals surface area contributed by atoms with Crippen molar-refractivity contribution in [2.75, 3.05) is 11.1 Å². The van der Waals surface area contributed by atoms with Crippen LogP contribution in [0.15, 0.2) is 30.6 Å². The van der Waals surface area contributed by atoms with E-state index in [0.29, 0.717) is 22.7 Å². The molecule has 1 saturated heterocycles. The summed E-state index contributed by atoms with van der Waals surface area (Å²) in [6, 6.07) is 8.44. The minimum Gasteiger partial charge on any atom is -0.389 e. The Bertz CT molecular complexity index is 996. The van der Waals surface area contributed by atoms with Crippen LogP contribution >= 0.6 is 23.4 Å². The lowest BCUT2D eigenvalue weighted by atomic mass is 9.83. The maximum Gasteiger partial charge on any atom is 0.226 e. The molecule has 3 heterocycles. The highest BCUT2D eigenvalue weighted by molar-refractivity contribution is 7.99. The minimum absolute atomic E-state index is 0.118. The first-order chi connectivity index (χ1) is 12.6. The van der Waals surface area contributed by atoms with Crippen LogP contribution in [0.25, 0.3) is 11.2 Å². The van der Waals surface area contributed by atoms with Gasteiger partial charge in [-0.2, -0.15) is 9.97 Å². The van der Waals surface area contributed by atoms with E-state index in [2.05, 4.69) is 32.4 Å². The number of thioether (sulfide) groups is 1. The lowest BCUT2D eigenvalue weighted by Crippen LogP contribution is -2.27. The summed E-state index contributed by atoms with van der Waals surface area (Å²) in [6.07, 6.45) is 0.905. The zero-order valence-corrected chi connectivity index (χ0v) is 15.2. The van der Waals surface area contributed by atoms with Crippen molar-refractivity contribution in [1.29, 1.82) is 0 Å². The Kier molecular flexibility index (Phi) is 3.82. The summed E-state index contributed by atoms with van der Waals surface area (Å²) in [5.41, 5.74) is 3.73. The molecule has 0 saturated carbocycles. The van der Waals surface area contributed by atoms with E-state index < -0.39 is 12.2 Å². The van der Waals surface area contributed by atoms with E-state index in [-0.39, 0.29) is 16.7 Å². The number of aromatic nitrogens is 4. The number of fused-ring (bicyclic) bond motifs is 2. The number of aliphatic hydroxyl groups is 2. The highest BCUT2D eigenvalue weighted by Gasteiger charge is 2.37. The summed E-state index contributed by atoms with van der Waals surface area (Å²) in [4.78, 5) is 13.1. The molecule has 3 aromatic rings. The Morgan fingerprint density at radius 1 is 1.23 bits per heavy atom. The first-order valence-corrected chi connectivity index (χ1v) is 9.76. The van der Waals surface area contributed by atoms with E-state index in [1.54, 1.807) is 10.9 Å². The smallest absolute Gasteiger partial charge is 0.226 e. The van der Waals surface area contributed by atoms with Crippen LogP contribution in [0.5, 0.6) is 0 Å². The van der Waals surface area contributed by atoms with Crippen LogP contribution in [0.2, 0.25) is 5.28 Å². The van der Waals surface area contributed by atoms with Crippen molar-refractivity contribution >= 4 is 40.3 Å². The first kappa shape index (κ1) is 16.3. The number of rotatable bonds is 3. The summed E-state index contributed by atoms with van der Waals surface area (Å²) in [7, 11) is 0. The lowest BCUT2D eigenvalue weighted by Gasteiger charge is -2.31. The minimum atomic E-state index is -0.874. The summed E-state index contributed by atoms with van der Waals surface area (Å²) in [5, 5.41) is 23.2. The van der Waals surface area contributed by atoms with Crippen LogP contribution in [0, 0.1) is 0 Å². The van der Waals surface area contributed by atoms with E-state index >= 15 is 0 Å². The number of nitrogens with one attached hydrogen (secondary N) is 1. The Hall–Kier alpha value is -1.87. The van der Waals surface area contributed by atoms with Crippen molar-refractivity contribution in [2.24, 2.45) is 0 Å². The molecule has 0 amide bonds. The van der Waals surface area contributed by atoms with Gasteiger partial charge in [0.1, 0.15) is 11.5 Å². The van der Waals surface area contributed by atoms with Crippen LogP contribution in [0.1, 0.15) is 22.5 Å². The number of halogens is 1. The summed E-state index contributed by atoms with van der Waals surface area (Å²) in [6.45, 7) is 0. The Morgan fingerprint density at radius 3 is 2.85 bits per heavy atom. The van der Waals surface area contributed by atoms with E-state index in [0.717, 1.165) is 6.42 Å². The van der Waals surface area contributed by atoms with Gasteiger partial charge in [0.15, 0.2) is 17.0 Å². The van der Waals surface area contributed by atoms with Gasteiger partial charge in [0.25, 0.3) is 0 Å². The van der Waals surface area contributed by atoms with E-state index in [1.807, 2.05) is 12.1 Å². The number of aliphatic hydroxyl groups excluding tert-OH is 2. The largest absolute Gasteiger partial charge is 0.389 e. The van der Waals surface area contributed by atoms with Gasteiger partial charge in [-0.1, -0.05) is 24.3 Å². The molecule has 0 bridgehead atoms. The first-order valence-electron chi connectivity index (χ1n) is 8.34. The SMILES string of the molecule is O[C@@H]1[C@H](O)CS[C@H]1n1cnc2c(N[C@@H]3Cc4ccccc43)nc(Cl)nc21. The molecule has 1 aliphatic carbocycles. The van der Waals surface area contributed by atoms with Crippen molar-refractivity contribution in [3.8, 4) is 0 Å². The standard InChI is InChI=1S/C17H16ClN5O2S/c18-17-21-14(20-10-5-8-3-1-2-4-9(8)10)12-15(22-17)23(7-19-12)16-13(25)11(24)6-26-16/h1-4,7,10-11,13,16,24-25H,5-6H2,(H,20,21,22)/t10-,11-,13-,16-/m1/s1. The third-order valence-electron chi connectivity index (χ3n) is 4.96.